The van der Waals surface area contributed by atoms with E-state index in [0.29, 0.717) is 12.2 Å². The maximum Gasteiger partial charge on any atom is 0.270 e. The van der Waals surface area contributed by atoms with Crippen LogP contribution in [-0.2, 0) is 5.41 Å². The van der Waals surface area contributed by atoms with Gasteiger partial charge in [-0.25, -0.2) is 9.50 Å². The van der Waals surface area contributed by atoms with Crippen LogP contribution >= 0.6 is 0 Å². The minimum atomic E-state index is -0.0870. The lowest BCUT2D eigenvalue weighted by Crippen LogP contribution is -2.38. The highest BCUT2D eigenvalue weighted by molar-refractivity contribution is 5.93. The van der Waals surface area contributed by atoms with E-state index in [1.165, 1.54) is 19.3 Å². The van der Waals surface area contributed by atoms with E-state index in [1.807, 2.05) is 19.1 Å². The SMILES string of the molecule is Cc1cc(C(=O)NCCN2CCCCC2)n2nc(C(C)(C)C)cc2n1. The summed E-state index contributed by atoms with van der Waals surface area (Å²) in [5.74, 6) is -0.0870. The van der Waals surface area contributed by atoms with Crippen LogP contribution < -0.4 is 5.32 Å². The number of nitrogens with zero attached hydrogens (tertiary/aromatic N) is 4. The van der Waals surface area contributed by atoms with Crippen LogP contribution in [0.25, 0.3) is 5.65 Å². The van der Waals surface area contributed by atoms with Gasteiger partial charge in [0.15, 0.2) is 5.65 Å². The van der Waals surface area contributed by atoms with Crippen molar-refractivity contribution in [2.24, 2.45) is 0 Å². The van der Waals surface area contributed by atoms with Gasteiger partial charge in [-0.3, -0.25) is 4.79 Å². The summed E-state index contributed by atoms with van der Waals surface area (Å²) in [7, 11) is 0. The number of fused-ring (bicyclic) bond motifs is 1. The molecular formula is C19H29N5O. The number of hydrogen-bond donors (Lipinski definition) is 1. The summed E-state index contributed by atoms with van der Waals surface area (Å²) in [5, 5.41) is 7.67. The summed E-state index contributed by atoms with van der Waals surface area (Å²) >= 11 is 0. The quantitative estimate of drug-likeness (QED) is 0.927. The fourth-order valence-electron chi connectivity index (χ4n) is 3.23. The van der Waals surface area contributed by atoms with Crippen molar-refractivity contribution in [3.8, 4) is 0 Å². The average molecular weight is 343 g/mol. The molecule has 6 nitrogen and oxygen atoms in total. The van der Waals surface area contributed by atoms with E-state index >= 15 is 0 Å². The highest BCUT2D eigenvalue weighted by Gasteiger charge is 2.21. The van der Waals surface area contributed by atoms with Crippen LogP contribution in [0.5, 0.6) is 0 Å². The van der Waals surface area contributed by atoms with Crippen molar-refractivity contribution >= 4 is 11.6 Å². The molecule has 1 aliphatic rings. The van der Waals surface area contributed by atoms with Crippen molar-refractivity contribution in [1.82, 2.24) is 24.8 Å². The van der Waals surface area contributed by atoms with Crippen LogP contribution in [0.15, 0.2) is 12.1 Å². The zero-order chi connectivity index (χ0) is 18.0. The second kappa shape index (κ2) is 7.12. The van der Waals surface area contributed by atoms with Gasteiger partial charge in [0.2, 0.25) is 0 Å². The van der Waals surface area contributed by atoms with Crippen LogP contribution in [-0.4, -0.2) is 51.6 Å². The average Bonchev–Trinajstić information content (AvgIpc) is 2.99. The molecule has 0 unspecified atom stereocenters. The number of amides is 1. The Morgan fingerprint density at radius 1 is 1.20 bits per heavy atom. The van der Waals surface area contributed by atoms with Crippen molar-refractivity contribution < 1.29 is 4.79 Å². The first kappa shape index (κ1) is 17.9. The molecule has 0 atom stereocenters. The molecule has 6 heteroatoms. The number of likely N-dealkylation sites (tertiary alicyclic amines) is 1. The standard InChI is InChI=1S/C19H29N5O/c1-14-12-15(18(25)20-8-11-23-9-6-5-7-10-23)24-17(21-14)13-16(22-24)19(2,3)4/h12-13H,5-11H2,1-4H3,(H,20,25). The molecule has 3 heterocycles. The van der Waals surface area contributed by atoms with Crippen LogP contribution in [0.4, 0.5) is 0 Å². The Morgan fingerprint density at radius 3 is 2.60 bits per heavy atom. The first-order valence-electron chi connectivity index (χ1n) is 9.23. The van der Waals surface area contributed by atoms with Crippen molar-refractivity contribution in [2.75, 3.05) is 26.2 Å². The van der Waals surface area contributed by atoms with Gasteiger partial charge in [0, 0.05) is 30.3 Å². The van der Waals surface area contributed by atoms with Gasteiger partial charge in [-0.1, -0.05) is 27.2 Å². The fourth-order valence-corrected chi connectivity index (χ4v) is 3.23. The molecule has 136 valence electrons. The Morgan fingerprint density at radius 2 is 1.92 bits per heavy atom. The minimum absolute atomic E-state index is 0.0797. The molecule has 0 radical (unpaired) electrons. The lowest BCUT2D eigenvalue weighted by atomic mass is 9.93. The molecule has 0 aromatic carbocycles. The molecule has 0 saturated carbocycles. The maximum atomic E-state index is 12.7. The van der Waals surface area contributed by atoms with E-state index in [1.54, 1.807) is 4.52 Å². The lowest BCUT2D eigenvalue weighted by molar-refractivity contribution is 0.0938. The number of hydrogen-bond acceptors (Lipinski definition) is 4. The van der Waals surface area contributed by atoms with Gasteiger partial charge >= 0.3 is 0 Å². The molecule has 1 saturated heterocycles. The monoisotopic (exact) mass is 343 g/mol. The van der Waals surface area contributed by atoms with Gasteiger partial charge in [-0.15, -0.1) is 0 Å². The maximum absolute atomic E-state index is 12.7. The van der Waals surface area contributed by atoms with Gasteiger partial charge in [-0.05, 0) is 38.9 Å². The molecular weight excluding hydrogens is 314 g/mol. The molecule has 0 bridgehead atoms. The minimum Gasteiger partial charge on any atom is -0.349 e. The molecule has 25 heavy (non-hydrogen) atoms. The molecule has 0 spiro atoms. The number of nitrogens with one attached hydrogen (secondary N) is 1. The number of piperidine rings is 1. The Hall–Kier alpha value is -1.95. The van der Waals surface area contributed by atoms with E-state index in [0.717, 1.165) is 36.7 Å². The van der Waals surface area contributed by atoms with Crippen molar-refractivity contribution in [3.63, 3.8) is 0 Å². The smallest absolute Gasteiger partial charge is 0.270 e. The van der Waals surface area contributed by atoms with E-state index < -0.39 is 0 Å². The normalized spacial score (nSPS) is 16.3. The van der Waals surface area contributed by atoms with E-state index in [-0.39, 0.29) is 11.3 Å². The summed E-state index contributed by atoms with van der Waals surface area (Å²) in [4.78, 5) is 19.6. The summed E-state index contributed by atoms with van der Waals surface area (Å²) in [6.45, 7) is 12.1. The molecule has 1 fully saturated rings. The second-order valence-electron chi connectivity index (χ2n) is 7.99. The van der Waals surface area contributed by atoms with Gasteiger partial charge in [-0.2, -0.15) is 5.10 Å². The highest BCUT2D eigenvalue weighted by Crippen LogP contribution is 2.22. The fraction of sp³-hybridized carbons (Fsp3) is 0.632. The van der Waals surface area contributed by atoms with Crippen molar-refractivity contribution in [2.45, 2.75) is 52.4 Å². The Labute approximate surface area is 149 Å². The Bertz CT molecular complexity index is 753. The summed E-state index contributed by atoms with van der Waals surface area (Å²) < 4.78 is 1.67. The highest BCUT2D eigenvalue weighted by atomic mass is 16.2. The van der Waals surface area contributed by atoms with E-state index in [4.69, 9.17) is 0 Å². The zero-order valence-corrected chi connectivity index (χ0v) is 15.8. The Kier molecular flexibility index (Phi) is 5.08. The third kappa shape index (κ3) is 4.18. The third-order valence-electron chi connectivity index (χ3n) is 4.72. The van der Waals surface area contributed by atoms with E-state index in [2.05, 4.69) is 41.1 Å². The number of aromatic nitrogens is 3. The van der Waals surface area contributed by atoms with E-state index in [9.17, 15) is 4.79 Å². The zero-order valence-electron chi connectivity index (χ0n) is 15.8. The molecule has 1 aliphatic heterocycles. The molecule has 2 aromatic heterocycles. The van der Waals surface area contributed by atoms with Gasteiger partial charge in [0.25, 0.3) is 5.91 Å². The number of carbonyl (C=O) groups is 1. The predicted octanol–water partition coefficient (Wildman–Crippen LogP) is 2.55. The number of rotatable bonds is 4. The predicted molar refractivity (Wildman–Crippen MR) is 99.0 cm³/mol. The number of aryl methyl sites for hydroxylation is 1. The van der Waals surface area contributed by atoms with Gasteiger partial charge in [0.1, 0.15) is 5.69 Å². The first-order chi connectivity index (χ1) is 11.8. The van der Waals surface area contributed by atoms with Crippen molar-refractivity contribution in [1.29, 1.82) is 0 Å². The second-order valence-corrected chi connectivity index (χ2v) is 7.99. The summed E-state index contributed by atoms with van der Waals surface area (Å²) in [6.07, 6.45) is 3.86. The summed E-state index contributed by atoms with van der Waals surface area (Å²) in [5.41, 5.74) is 2.97. The topological polar surface area (TPSA) is 62.5 Å². The van der Waals surface area contributed by atoms with Crippen molar-refractivity contribution in [3.05, 3.63) is 29.2 Å². The van der Waals surface area contributed by atoms with Gasteiger partial charge in [0.05, 0.1) is 5.69 Å². The van der Waals surface area contributed by atoms with Crippen LogP contribution in [0.2, 0.25) is 0 Å². The Balaban J connectivity index is 1.74. The van der Waals surface area contributed by atoms with Crippen LogP contribution in [0.1, 0.15) is 61.9 Å². The number of carbonyl (C=O) groups excluding carboxylic acids is 1. The largest absolute Gasteiger partial charge is 0.349 e. The van der Waals surface area contributed by atoms with Gasteiger partial charge < -0.3 is 10.2 Å². The first-order valence-corrected chi connectivity index (χ1v) is 9.23. The molecule has 2 aromatic rings. The molecule has 1 amide bonds. The molecule has 0 aliphatic carbocycles. The van der Waals surface area contributed by atoms with Crippen LogP contribution in [0, 0.1) is 6.92 Å². The molecule has 3 rings (SSSR count). The van der Waals surface area contributed by atoms with Crippen LogP contribution in [0.3, 0.4) is 0 Å². The third-order valence-corrected chi connectivity index (χ3v) is 4.72. The lowest BCUT2D eigenvalue weighted by Gasteiger charge is -2.26. The molecule has 1 N–H and O–H groups in total. The summed E-state index contributed by atoms with van der Waals surface area (Å²) in [6, 6.07) is 3.78.